The van der Waals surface area contributed by atoms with Crippen LogP contribution in [0.2, 0.25) is 0 Å². The van der Waals surface area contributed by atoms with Crippen LogP contribution in [0, 0.1) is 6.92 Å². The number of nitrogens with two attached hydrogens (primary N) is 1. The van der Waals surface area contributed by atoms with Crippen LogP contribution in [0.5, 0.6) is 0 Å². The minimum Gasteiger partial charge on any atom is -0.382 e. The van der Waals surface area contributed by atoms with Crippen LogP contribution in [0.15, 0.2) is 90.2 Å². The molecule has 0 saturated heterocycles. The molecular weight excluding hydrogens is 424 g/mol. The Labute approximate surface area is 198 Å². The van der Waals surface area contributed by atoms with Gasteiger partial charge in [0.1, 0.15) is 5.69 Å². The number of rotatable bonds is 7. The summed E-state index contributed by atoms with van der Waals surface area (Å²) in [6.07, 6.45) is 1.60. The average molecular weight is 451 g/mol. The van der Waals surface area contributed by atoms with Gasteiger partial charge in [0.2, 0.25) is 0 Å². The van der Waals surface area contributed by atoms with Crippen LogP contribution in [-0.4, -0.2) is 21.6 Å². The molecule has 7 heteroatoms. The Morgan fingerprint density at radius 1 is 1.00 bits per heavy atom. The molecule has 7 nitrogen and oxygen atoms in total. The molecule has 1 amide bonds. The molecule has 1 heterocycles. The van der Waals surface area contributed by atoms with E-state index < -0.39 is 0 Å². The molecule has 4 N–H and O–H groups in total. The van der Waals surface area contributed by atoms with E-state index in [1.807, 2.05) is 80.6 Å². The number of hydrazone groups is 1. The molecule has 0 aliphatic heterocycles. The van der Waals surface area contributed by atoms with Gasteiger partial charge in [-0.25, -0.2) is 9.97 Å². The zero-order valence-corrected chi connectivity index (χ0v) is 19.1. The number of hydrogen-bond donors (Lipinski definition) is 3. The minimum absolute atomic E-state index is 0.158. The second-order valence-corrected chi connectivity index (χ2v) is 7.91. The number of amides is 1. The lowest BCUT2D eigenvalue weighted by atomic mass is 10.1. The molecule has 4 rings (SSSR count). The highest BCUT2D eigenvalue weighted by atomic mass is 16.1. The fourth-order valence-electron chi connectivity index (χ4n) is 3.33. The van der Waals surface area contributed by atoms with E-state index in [0.29, 0.717) is 29.2 Å². The van der Waals surface area contributed by atoms with E-state index in [0.717, 1.165) is 16.8 Å². The Balaban J connectivity index is 1.52. The Kier molecular flexibility index (Phi) is 6.93. The van der Waals surface area contributed by atoms with Crippen LogP contribution in [-0.2, 0) is 6.54 Å². The maximum absolute atomic E-state index is 12.7. The quantitative estimate of drug-likeness (QED) is 0.277. The van der Waals surface area contributed by atoms with Crippen molar-refractivity contribution in [2.24, 2.45) is 5.10 Å². The highest BCUT2D eigenvalue weighted by Gasteiger charge is 2.12. The Morgan fingerprint density at radius 2 is 1.76 bits per heavy atom. The lowest BCUT2D eigenvalue weighted by molar-refractivity contribution is 0.0951. The lowest BCUT2D eigenvalue weighted by Gasteiger charge is -2.10. The van der Waals surface area contributed by atoms with E-state index in [4.69, 9.17) is 5.73 Å². The van der Waals surface area contributed by atoms with Gasteiger partial charge in [-0.2, -0.15) is 5.10 Å². The van der Waals surface area contributed by atoms with Crippen LogP contribution in [0.4, 0.5) is 11.5 Å². The number of aryl methyl sites for hydroxylation is 1. The van der Waals surface area contributed by atoms with Gasteiger partial charge in [-0.15, -0.1) is 0 Å². The zero-order valence-electron chi connectivity index (χ0n) is 19.1. The number of benzene rings is 3. The van der Waals surface area contributed by atoms with Crippen molar-refractivity contribution in [1.82, 2.24) is 15.3 Å². The highest BCUT2D eigenvalue weighted by Crippen LogP contribution is 2.21. The molecule has 0 unspecified atom stereocenters. The van der Waals surface area contributed by atoms with E-state index >= 15 is 0 Å². The number of anilines is 2. The third-order valence-electron chi connectivity index (χ3n) is 5.26. The number of hydrogen-bond acceptors (Lipinski definition) is 6. The molecule has 0 radical (unpaired) electrons. The first-order chi connectivity index (χ1) is 16.5. The monoisotopic (exact) mass is 450 g/mol. The molecule has 0 aliphatic rings. The summed E-state index contributed by atoms with van der Waals surface area (Å²) in [6, 6.07) is 25.0. The maximum atomic E-state index is 12.7. The van der Waals surface area contributed by atoms with Gasteiger partial charge in [0.15, 0.2) is 5.82 Å². The third-order valence-corrected chi connectivity index (χ3v) is 5.26. The van der Waals surface area contributed by atoms with Gasteiger partial charge in [-0.1, -0.05) is 60.2 Å². The molecular formula is C27H26N6O. The van der Waals surface area contributed by atoms with E-state index in [1.54, 1.807) is 18.3 Å². The van der Waals surface area contributed by atoms with Crippen molar-refractivity contribution in [3.8, 4) is 11.3 Å². The molecule has 1 aromatic heterocycles. The summed E-state index contributed by atoms with van der Waals surface area (Å²) < 4.78 is 0. The molecule has 0 fully saturated rings. The summed E-state index contributed by atoms with van der Waals surface area (Å²) in [5, 5.41) is 7.35. The van der Waals surface area contributed by atoms with Crippen molar-refractivity contribution in [2.45, 2.75) is 20.4 Å². The van der Waals surface area contributed by atoms with Gasteiger partial charge in [0.25, 0.3) is 5.91 Å². The zero-order chi connectivity index (χ0) is 23.9. The summed E-state index contributed by atoms with van der Waals surface area (Å²) in [5.41, 5.74) is 15.2. The van der Waals surface area contributed by atoms with Crippen molar-refractivity contribution in [3.63, 3.8) is 0 Å². The Morgan fingerprint density at radius 3 is 2.53 bits per heavy atom. The second kappa shape index (κ2) is 10.4. The predicted molar refractivity (Wildman–Crippen MR) is 137 cm³/mol. The molecule has 0 atom stereocenters. The fourth-order valence-corrected chi connectivity index (χ4v) is 3.33. The van der Waals surface area contributed by atoms with E-state index in [1.165, 1.54) is 5.56 Å². The van der Waals surface area contributed by atoms with E-state index in [-0.39, 0.29) is 11.7 Å². The van der Waals surface area contributed by atoms with Crippen molar-refractivity contribution >= 4 is 23.1 Å². The van der Waals surface area contributed by atoms with Gasteiger partial charge in [0.05, 0.1) is 23.3 Å². The van der Waals surface area contributed by atoms with Crippen LogP contribution in [0.3, 0.4) is 0 Å². The lowest BCUT2D eigenvalue weighted by Crippen LogP contribution is -2.22. The number of nitrogens with zero attached hydrogens (tertiary/aromatic N) is 3. The Hall–Kier alpha value is -4.52. The van der Waals surface area contributed by atoms with Gasteiger partial charge in [-0.05, 0) is 43.7 Å². The second-order valence-electron chi connectivity index (χ2n) is 7.91. The number of nitrogens with one attached hydrogen (secondary N) is 2. The summed E-state index contributed by atoms with van der Waals surface area (Å²) in [6.45, 7) is 4.31. The largest absolute Gasteiger partial charge is 0.382 e. The molecule has 0 bridgehead atoms. The van der Waals surface area contributed by atoms with Crippen molar-refractivity contribution in [1.29, 1.82) is 0 Å². The predicted octanol–water partition coefficient (Wildman–Crippen LogP) is 4.80. The first kappa shape index (κ1) is 22.7. The van der Waals surface area contributed by atoms with Crippen LogP contribution in [0.25, 0.3) is 11.3 Å². The summed E-state index contributed by atoms with van der Waals surface area (Å²) in [5.74, 6) is 0.127. The normalized spacial score (nSPS) is 11.2. The summed E-state index contributed by atoms with van der Waals surface area (Å²) in [4.78, 5) is 21.6. The van der Waals surface area contributed by atoms with Crippen molar-refractivity contribution < 1.29 is 4.79 Å². The van der Waals surface area contributed by atoms with Gasteiger partial charge < -0.3 is 11.1 Å². The number of carbonyl (C=O) groups is 1. The molecule has 3 aromatic carbocycles. The fraction of sp³-hybridized carbons (Fsp3) is 0.111. The van der Waals surface area contributed by atoms with Crippen LogP contribution >= 0.6 is 0 Å². The molecule has 170 valence electrons. The van der Waals surface area contributed by atoms with Gasteiger partial charge in [-0.3, -0.25) is 10.2 Å². The third kappa shape index (κ3) is 5.63. The number of carbonyl (C=O) groups excluding carboxylic acids is 1. The van der Waals surface area contributed by atoms with Crippen LogP contribution < -0.4 is 16.5 Å². The minimum atomic E-state index is -0.158. The van der Waals surface area contributed by atoms with Gasteiger partial charge in [0, 0.05) is 17.7 Å². The standard InChI is InChI=1S/C27H26N6O/c1-18-11-13-23(14-12-18)33-32-19(2)25-26(28)29-17-24(31-25)21-9-6-10-22(15-21)27(34)30-16-20-7-4-3-5-8-20/h3-15,17,33H,16H2,1-2H3,(H2,28,29)(H,30,34)/b32-19+. The highest BCUT2D eigenvalue weighted by molar-refractivity contribution is 6.01. The molecule has 4 aromatic rings. The average Bonchev–Trinajstić information content (AvgIpc) is 2.87. The van der Waals surface area contributed by atoms with Crippen molar-refractivity contribution in [3.05, 3.63) is 107 Å². The Bertz CT molecular complexity index is 1320. The van der Waals surface area contributed by atoms with Crippen molar-refractivity contribution in [2.75, 3.05) is 11.2 Å². The number of aromatic nitrogens is 2. The van der Waals surface area contributed by atoms with Crippen LogP contribution in [0.1, 0.15) is 34.1 Å². The van der Waals surface area contributed by atoms with Gasteiger partial charge >= 0.3 is 0 Å². The van der Waals surface area contributed by atoms with E-state index in [9.17, 15) is 4.79 Å². The van der Waals surface area contributed by atoms with E-state index in [2.05, 4.69) is 25.8 Å². The molecule has 34 heavy (non-hydrogen) atoms. The SMILES string of the molecule is C/C(=N\Nc1ccc(C)cc1)c1nc(-c2cccc(C(=O)NCc3ccccc3)c2)cnc1N. The maximum Gasteiger partial charge on any atom is 0.251 e. The first-order valence-corrected chi connectivity index (χ1v) is 10.9. The molecule has 0 saturated carbocycles. The summed E-state index contributed by atoms with van der Waals surface area (Å²) in [7, 11) is 0. The molecule has 0 aliphatic carbocycles. The first-order valence-electron chi connectivity index (χ1n) is 10.9. The molecule has 0 spiro atoms. The smallest absolute Gasteiger partial charge is 0.251 e. The topological polar surface area (TPSA) is 105 Å². The number of nitrogen functional groups attached to an aromatic ring is 1. The summed E-state index contributed by atoms with van der Waals surface area (Å²) >= 11 is 0.